The van der Waals surface area contributed by atoms with Gasteiger partial charge in [-0.1, -0.05) is 36.4 Å². The third-order valence-corrected chi connectivity index (χ3v) is 8.84. The van der Waals surface area contributed by atoms with Crippen LogP contribution in [0.3, 0.4) is 0 Å². The van der Waals surface area contributed by atoms with Gasteiger partial charge in [0.2, 0.25) is 0 Å². The van der Waals surface area contributed by atoms with Gasteiger partial charge < -0.3 is 4.74 Å². The normalized spacial score (nSPS) is 12.2. The SMILES string of the molecule is Cc1c(N(Cc2ccc(OC(F)(F)F)cc2)S(=O)(=O)c2ccc3ncccc3c2)sc2ccccc12. The Morgan fingerprint density at radius 2 is 1.72 bits per heavy atom. The van der Waals surface area contributed by atoms with Crippen LogP contribution in [0.15, 0.2) is 90.0 Å². The second-order valence-corrected chi connectivity index (χ2v) is 11.0. The van der Waals surface area contributed by atoms with Crippen molar-refractivity contribution in [1.82, 2.24) is 4.98 Å². The van der Waals surface area contributed by atoms with Crippen LogP contribution in [0, 0.1) is 6.92 Å². The Kier molecular flexibility index (Phi) is 6.09. The molecule has 2 aromatic heterocycles. The summed E-state index contributed by atoms with van der Waals surface area (Å²) >= 11 is 1.35. The molecule has 0 aliphatic carbocycles. The second kappa shape index (κ2) is 9.11. The van der Waals surface area contributed by atoms with Crippen LogP contribution in [0.25, 0.3) is 21.0 Å². The lowest BCUT2D eigenvalue weighted by molar-refractivity contribution is -0.274. The third-order valence-electron chi connectivity index (χ3n) is 5.69. The highest BCUT2D eigenvalue weighted by atomic mass is 32.2. The number of benzene rings is 3. The fourth-order valence-electron chi connectivity index (χ4n) is 3.97. The number of hydrogen-bond acceptors (Lipinski definition) is 5. The number of fused-ring (bicyclic) bond motifs is 2. The molecule has 0 atom stereocenters. The highest BCUT2D eigenvalue weighted by Crippen LogP contribution is 2.41. The zero-order valence-corrected chi connectivity index (χ0v) is 20.5. The maximum Gasteiger partial charge on any atom is 0.573 e. The molecule has 0 radical (unpaired) electrons. The third kappa shape index (κ3) is 4.74. The fourth-order valence-corrected chi connectivity index (χ4v) is 6.94. The van der Waals surface area contributed by atoms with E-state index in [4.69, 9.17) is 0 Å². The van der Waals surface area contributed by atoms with Crippen LogP contribution >= 0.6 is 11.3 Å². The average molecular weight is 529 g/mol. The number of pyridine rings is 1. The molecule has 0 unspecified atom stereocenters. The van der Waals surface area contributed by atoms with Crippen LogP contribution in [-0.2, 0) is 16.6 Å². The number of rotatable bonds is 6. The molecule has 3 aromatic carbocycles. The van der Waals surface area contributed by atoms with E-state index in [0.29, 0.717) is 21.5 Å². The molecule has 0 aliphatic rings. The van der Waals surface area contributed by atoms with E-state index >= 15 is 0 Å². The molecule has 5 aromatic rings. The number of aromatic nitrogens is 1. The van der Waals surface area contributed by atoms with Gasteiger partial charge >= 0.3 is 6.36 Å². The molecule has 0 spiro atoms. The highest BCUT2D eigenvalue weighted by molar-refractivity contribution is 7.93. The van der Waals surface area contributed by atoms with Crippen LogP contribution in [-0.4, -0.2) is 19.8 Å². The van der Waals surface area contributed by atoms with E-state index in [1.54, 1.807) is 30.5 Å². The molecule has 0 fully saturated rings. The first kappa shape index (κ1) is 24.1. The maximum atomic E-state index is 14.0. The zero-order chi connectivity index (χ0) is 25.5. The molecule has 0 amide bonds. The van der Waals surface area contributed by atoms with Crippen LogP contribution in [0.5, 0.6) is 5.75 Å². The molecule has 0 aliphatic heterocycles. The zero-order valence-electron chi connectivity index (χ0n) is 18.9. The summed E-state index contributed by atoms with van der Waals surface area (Å²) in [5, 5.41) is 2.16. The molecule has 0 saturated carbocycles. The summed E-state index contributed by atoms with van der Waals surface area (Å²) in [6.07, 6.45) is -3.18. The summed E-state index contributed by atoms with van der Waals surface area (Å²) in [5.74, 6) is -0.374. The highest BCUT2D eigenvalue weighted by Gasteiger charge is 2.32. The van der Waals surface area contributed by atoms with E-state index in [1.807, 2.05) is 31.2 Å². The van der Waals surface area contributed by atoms with Gasteiger partial charge in [0.05, 0.1) is 17.0 Å². The van der Waals surface area contributed by atoms with Gasteiger partial charge in [0.1, 0.15) is 10.8 Å². The number of nitrogens with zero attached hydrogens (tertiary/aromatic N) is 2. The van der Waals surface area contributed by atoms with Gasteiger partial charge in [-0.3, -0.25) is 9.29 Å². The first-order chi connectivity index (χ1) is 17.1. The number of ether oxygens (including phenoxy) is 1. The van der Waals surface area contributed by atoms with E-state index in [9.17, 15) is 21.6 Å². The molecule has 10 heteroatoms. The van der Waals surface area contributed by atoms with Crippen molar-refractivity contribution >= 4 is 47.4 Å². The van der Waals surface area contributed by atoms with E-state index < -0.39 is 16.4 Å². The number of aryl methyl sites for hydroxylation is 1. The van der Waals surface area contributed by atoms with E-state index in [-0.39, 0.29) is 17.2 Å². The van der Waals surface area contributed by atoms with Crippen molar-refractivity contribution < 1.29 is 26.3 Å². The van der Waals surface area contributed by atoms with Crippen molar-refractivity contribution in [3.8, 4) is 5.75 Å². The van der Waals surface area contributed by atoms with Gasteiger partial charge in [0.25, 0.3) is 10.0 Å². The monoisotopic (exact) mass is 528 g/mol. The maximum absolute atomic E-state index is 14.0. The summed E-state index contributed by atoms with van der Waals surface area (Å²) in [5.41, 5.74) is 1.98. The lowest BCUT2D eigenvalue weighted by Crippen LogP contribution is -2.30. The summed E-state index contributed by atoms with van der Waals surface area (Å²) in [6.45, 7) is 1.79. The van der Waals surface area contributed by atoms with Crippen molar-refractivity contribution in [1.29, 1.82) is 0 Å². The van der Waals surface area contributed by atoms with Gasteiger partial charge in [0, 0.05) is 16.3 Å². The first-order valence-corrected chi connectivity index (χ1v) is 13.1. The number of alkyl halides is 3. The largest absolute Gasteiger partial charge is 0.573 e. The Hall–Kier alpha value is -3.63. The molecular weight excluding hydrogens is 509 g/mol. The Morgan fingerprint density at radius 1 is 0.972 bits per heavy atom. The molecule has 5 nitrogen and oxygen atoms in total. The topological polar surface area (TPSA) is 59.5 Å². The van der Waals surface area contributed by atoms with Crippen molar-refractivity contribution in [2.24, 2.45) is 0 Å². The predicted molar refractivity (Wildman–Crippen MR) is 135 cm³/mol. The smallest absolute Gasteiger partial charge is 0.406 e. The summed E-state index contributed by atoms with van der Waals surface area (Å²) in [4.78, 5) is 4.35. The Labute approximate surface area is 209 Å². The molecule has 0 N–H and O–H groups in total. The van der Waals surface area contributed by atoms with Crippen LogP contribution in [0.2, 0.25) is 0 Å². The lowest BCUT2D eigenvalue weighted by Gasteiger charge is -2.24. The molecule has 184 valence electrons. The van der Waals surface area contributed by atoms with Crippen molar-refractivity contribution in [2.45, 2.75) is 24.7 Å². The minimum Gasteiger partial charge on any atom is -0.406 e. The first-order valence-electron chi connectivity index (χ1n) is 10.8. The van der Waals surface area contributed by atoms with Crippen LogP contribution in [0.1, 0.15) is 11.1 Å². The second-order valence-electron chi connectivity index (χ2n) is 8.09. The van der Waals surface area contributed by atoms with Crippen LogP contribution in [0.4, 0.5) is 18.2 Å². The van der Waals surface area contributed by atoms with Crippen LogP contribution < -0.4 is 9.04 Å². The van der Waals surface area contributed by atoms with Gasteiger partial charge in [-0.05, 0) is 65.9 Å². The summed E-state index contributed by atoms with van der Waals surface area (Å²) in [7, 11) is -4.05. The van der Waals surface area contributed by atoms with Gasteiger partial charge in [-0.2, -0.15) is 0 Å². The quantitative estimate of drug-likeness (QED) is 0.237. The number of sulfonamides is 1. The molecule has 2 heterocycles. The van der Waals surface area contributed by atoms with E-state index in [0.717, 1.165) is 15.6 Å². The molecule has 0 bridgehead atoms. The lowest BCUT2D eigenvalue weighted by atomic mass is 10.2. The van der Waals surface area contributed by atoms with E-state index in [2.05, 4.69) is 9.72 Å². The standard InChI is InChI=1S/C26H19F3N2O3S2/c1-17-22-6-2-3-7-24(22)35-25(17)31(16-18-8-10-20(11-9-18)34-26(27,28)29)36(32,33)21-12-13-23-19(15-21)5-4-14-30-23/h2-15H,16H2,1H3. The average Bonchev–Trinajstić information content (AvgIpc) is 3.18. The molecule has 36 heavy (non-hydrogen) atoms. The van der Waals surface area contributed by atoms with Crippen molar-refractivity contribution in [3.05, 3.63) is 96.2 Å². The van der Waals surface area contributed by atoms with E-state index in [1.165, 1.54) is 46.0 Å². The molecular formula is C26H19F3N2O3S2. The minimum absolute atomic E-state index is 0.0760. The minimum atomic E-state index is -4.81. The number of halogens is 3. The Bertz CT molecular complexity index is 1660. The molecule has 0 saturated heterocycles. The van der Waals surface area contributed by atoms with Gasteiger partial charge in [0.15, 0.2) is 0 Å². The Balaban J connectivity index is 1.60. The summed E-state index contributed by atoms with van der Waals surface area (Å²) in [6, 6.07) is 21.1. The number of thiophene rings is 1. The van der Waals surface area contributed by atoms with Gasteiger partial charge in [-0.15, -0.1) is 24.5 Å². The predicted octanol–water partition coefficient (Wildman–Crippen LogP) is 7.05. The fraction of sp³-hybridized carbons (Fsp3) is 0.115. The van der Waals surface area contributed by atoms with Gasteiger partial charge in [-0.25, -0.2) is 8.42 Å². The Morgan fingerprint density at radius 3 is 2.44 bits per heavy atom. The van der Waals surface area contributed by atoms with Crippen molar-refractivity contribution in [2.75, 3.05) is 4.31 Å². The van der Waals surface area contributed by atoms with Crippen molar-refractivity contribution in [3.63, 3.8) is 0 Å². The molecule has 5 rings (SSSR count). The summed E-state index contributed by atoms with van der Waals surface area (Å²) < 4.78 is 71.9. The number of hydrogen-bond donors (Lipinski definition) is 0. The number of anilines is 1.